The molecule has 0 atom stereocenters. The fourth-order valence-corrected chi connectivity index (χ4v) is 5.09. The standard InChI is InChI=1S/C28H22F2N2O4S/c29-28(30)36-23-13-4-3-12-22(23)31-24(33)16-35-27(34)25-19-9-1-2-11-21(19)32-26-17(7-5-10-20(25)26)15-18-8-6-14-37-18/h1-4,6,8-9,11-15,28H,5,7,10,16H2,(H,31,33). The van der Waals surface area contributed by atoms with Crippen molar-refractivity contribution in [2.24, 2.45) is 0 Å². The summed E-state index contributed by atoms with van der Waals surface area (Å²) in [7, 11) is 0. The van der Waals surface area contributed by atoms with Gasteiger partial charge in [-0.25, -0.2) is 9.78 Å². The van der Waals surface area contributed by atoms with Crippen LogP contribution in [0.15, 0.2) is 66.0 Å². The first-order valence-corrected chi connectivity index (χ1v) is 12.5. The smallest absolute Gasteiger partial charge is 0.387 e. The molecule has 2 aromatic carbocycles. The van der Waals surface area contributed by atoms with E-state index in [0.29, 0.717) is 22.9 Å². The second-order valence-electron chi connectivity index (χ2n) is 8.37. The van der Waals surface area contributed by atoms with Crippen LogP contribution in [0.4, 0.5) is 14.5 Å². The molecule has 1 amide bonds. The molecule has 0 bridgehead atoms. The fraction of sp³-hybridized carbons (Fsp3) is 0.179. The van der Waals surface area contributed by atoms with E-state index in [0.717, 1.165) is 34.5 Å². The number of allylic oxidation sites excluding steroid dienone is 1. The van der Waals surface area contributed by atoms with Crippen LogP contribution in [0.1, 0.15) is 39.3 Å². The molecule has 4 aromatic rings. The van der Waals surface area contributed by atoms with Gasteiger partial charge >= 0.3 is 12.6 Å². The molecular weight excluding hydrogens is 498 g/mol. The van der Waals surface area contributed by atoms with Crippen LogP contribution >= 0.6 is 11.3 Å². The number of nitrogens with zero attached hydrogens (tertiary/aromatic N) is 1. The Bertz CT molecular complexity index is 1490. The van der Waals surface area contributed by atoms with Crippen LogP contribution in [0.2, 0.25) is 0 Å². The average Bonchev–Trinajstić information content (AvgIpc) is 3.40. The Labute approximate surface area is 215 Å². The Balaban J connectivity index is 1.41. The Morgan fingerprint density at radius 3 is 2.68 bits per heavy atom. The van der Waals surface area contributed by atoms with E-state index in [-0.39, 0.29) is 11.4 Å². The van der Waals surface area contributed by atoms with Gasteiger partial charge in [0, 0.05) is 10.3 Å². The highest BCUT2D eigenvalue weighted by Crippen LogP contribution is 2.37. The summed E-state index contributed by atoms with van der Waals surface area (Å²) in [6, 6.07) is 17.2. The first-order chi connectivity index (χ1) is 18.0. The number of aromatic nitrogens is 1. The van der Waals surface area contributed by atoms with Crippen LogP contribution in [0.3, 0.4) is 0 Å². The van der Waals surface area contributed by atoms with E-state index in [2.05, 4.69) is 16.1 Å². The maximum Gasteiger partial charge on any atom is 0.387 e. The van der Waals surface area contributed by atoms with Gasteiger partial charge < -0.3 is 14.8 Å². The normalized spacial score (nSPS) is 14.0. The van der Waals surface area contributed by atoms with Crippen LogP contribution in [0.25, 0.3) is 22.6 Å². The SMILES string of the molecule is O=C(COC(=O)c1c2c(nc3ccccc13)C(=Cc1cccs1)CCC2)Nc1ccccc1OC(F)F. The van der Waals surface area contributed by atoms with Crippen LogP contribution in [-0.4, -0.2) is 30.1 Å². The first-order valence-electron chi connectivity index (χ1n) is 11.7. The number of nitrogens with one attached hydrogen (secondary N) is 1. The van der Waals surface area contributed by atoms with E-state index in [4.69, 9.17) is 9.72 Å². The predicted molar refractivity (Wildman–Crippen MR) is 139 cm³/mol. The average molecular weight is 521 g/mol. The zero-order chi connectivity index (χ0) is 25.8. The molecule has 0 saturated heterocycles. The molecule has 2 aromatic heterocycles. The number of benzene rings is 2. The summed E-state index contributed by atoms with van der Waals surface area (Å²) in [6.45, 7) is -3.63. The van der Waals surface area contributed by atoms with Crippen molar-refractivity contribution in [3.05, 3.63) is 87.7 Å². The first kappa shape index (κ1) is 24.6. The van der Waals surface area contributed by atoms with Crippen molar-refractivity contribution < 1.29 is 27.8 Å². The molecule has 5 rings (SSSR count). The summed E-state index contributed by atoms with van der Waals surface area (Å²) in [4.78, 5) is 31.9. The quantitative estimate of drug-likeness (QED) is 0.279. The number of pyridine rings is 1. The van der Waals surface area contributed by atoms with Crippen molar-refractivity contribution in [3.8, 4) is 5.75 Å². The van der Waals surface area contributed by atoms with Crippen molar-refractivity contribution in [2.45, 2.75) is 25.9 Å². The highest BCUT2D eigenvalue weighted by Gasteiger charge is 2.26. The van der Waals surface area contributed by atoms with Gasteiger partial charge in [-0.1, -0.05) is 36.4 Å². The number of hydrogen-bond donors (Lipinski definition) is 1. The van der Waals surface area contributed by atoms with Crippen molar-refractivity contribution in [1.29, 1.82) is 0 Å². The molecule has 1 N–H and O–H groups in total. The monoisotopic (exact) mass is 520 g/mol. The van der Waals surface area contributed by atoms with Gasteiger partial charge in [0.15, 0.2) is 6.61 Å². The summed E-state index contributed by atoms with van der Waals surface area (Å²) >= 11 is 1.63. The largest absolute Gasteiger partial charge is 0.452 e. The number of ether oxygens (including phenoxy) is 2. The van der Waals surface area contributed by atoms with E-state index >= 15 is 0 Å². The van der Waals surface area contributed by atoms with E-state index in [1.54, 1.807) is 17.4 Å². The van der Waals surface area contributed by atoms with E-state index in [9.17, 15) is 18.4 Å². The molecule has 0 unspecified atom stereocenters. The Morgan fingerprint density at radius 1 is 1.05 bits per heavy atom. The zero-order valence-electron chi connectivity index (χ0n) is 19.6. The number of amides is 1. The minimum absolute atomic E-state index is 0.0546. The van der Waals surface area contributed by atoms with Crippen LogP contribution in [0.5, 0.6) is 5.75 Å². The molecule has 0 radical (unpaired) electrons. The van der Waals surface area contributed by atoms with E-state index < -0.39 is 25.1 Å². The topological polar surface area (TPSA) is 77.5 Å². The molecule has 1 aliphatic rings. The third-order valence-corrected chi connectivity index (χ3v) is 6.76. The number of rotatable bonds is 7. The highest BCUT2D eigenvalue weighted by atomic mass is 32.1. The minimum atomic E-state index is -3.04. The number of thiophene rings is 1. The number of alkyl halides is 2. The molecule has 0 fully saturated rings. The molecular formula is C28H22F2N2O4S. The van der Waals surface area contributed by atoms with Gasteiger partial charge in [-0.05, 0) is 66.1 Å². The van der Waals surface area contributed by atoms with E-state index in [1.807, 2.05) is 41.8 Å². The number of esters is 1. The lowest BCUT2D eigenvalue weighted by atomic mass is 9.86. The molecule has 6 nitrogen and oxygen atoms in total. The number of para-hydroxylation sites is 3. The van der Waals surface area contributed by atoms with Crippen LogP contribution < -0.4 is 10.1 Å². The van der Waals surface area contributed by atoms with Gasteiger partial charge in [0.05, 0.1) is 22.5 Å². The van der Waals surface area contributed by atoms with Gasteiger partial charge in [-0.2, -0.15) is 8.78 Å². The van der Waals surface area contributed by atoms with Crippen molar-refractivity contribution in [1.82, 2.24) is 4.98 Å². The van der Waals surface area contributed by atoms with Gasteiger partial charge in [-0.15, -0.1) is 11.3 Å². The molecule has 9 heteroatoms. The summed E-state index contributed by atoms with van der Waals surface area (Å²) in [6.07, 6.45) is 4.45. The maximum atomic E-state index is 13.4. The molecule has 0 aliphatic heterocycles. The third-order valence-electron chi connectivity index (χ3n) is 5.95. The molecule has 2 heterocycles. The lowest BCUT2D eigenvalue weighted by molar-refractivity contribution is -0.119. The van der Waals surface area contributed by atoms with Crippen molar-refractivity contribution in [2.75, 3.05) is 11.9 Å². The minimum Gasteiger partial charge on any atom is -0.452 e. The Hall–Kier alpha value is -4.11. The maximum absolute atomic E-state index is 13.4. The lowest BCUT2D eigenvalue weighted by Crippen LogP contribution is -2.23. The second-order valence-corrected chi connectivity index (χ2v) is 9.35. The van der Waals surface area contributed by atoms with Crippen molar-refractivity contribution >= 4 is 51.5 Å². The number of fused-ring (bicyclic) bond motifs is 2. The molecule has 37 heavy (non-hydrogen) atoms. The summed E-state index contributed by atoms with van der Waals surface area (Å²) in [5.41, 5.74) is 3.74. The lowest BCUT2D eigenvalue weighted by Gasteiger charge is -2.22. The molecule has 0 spiro atoms. The van der Waals surface area contributed by atoms with Gasteiger partial charge in [0.2, 0.25) is 0 Å². The summed E-state index contributed by atoms with van der Waals surface area (Å²) in [5, 5.41) is 5.12. The predicted octanol–water partition coefficient (Wildman–Crippen LogP) is 6.57. The summed E-state index contributed by atoms with van der Waals surface area (Å²) < 4.78 is 35.2. The van der Waals surface area contributed by atoms with Crippen LogP contribution in [0, 0.1) is 0 Å². The van der Waals surface area contributed by atoms with Crippen molar-refractivity contribution in [3.63, 3.8) is 0 Å². The fourth-order valence-electron chi connectivity index (χ4n) is 4.41. The molecule has 1 aliphatic carbocycles. The third kappa shape index (κ3) is 5.51. The number of carbonyl (C=O) groups is 2. The number of anilines is 1. The molecule has 188 valence electrons. The van der Waals surface area contributed by atoms with Crippen LogP contribution in [-0.2, 0) is 16.0 Å². The highest BCUT2D eigenvalue weighted by molar-refractivity contribution is 7.10. The second kappa shape index (κ2) is 10.9. The van der Waals surface area contributed by atoms with Gasteiger partial charge in [0.1, 0.15) is 5.75 Å². The van der Waals surface area contributed by atoms with Gasteiger partial charge in [0.25, 0.3) is 5.91 Å². The van der Waals surface area contributed by atoms with Gasteiger partial charge in [-0.3, -0.25) is 4.79 Å². The van der Waals surface area contributed by atoms with E-state index in [1.165, 1.54) is 18.2 Å². The summed E-state index contributed by atoms with van der Waals surface area (Å²) in [5.74, 6) is -1.50. The number of carbonyl (C=O) groups excluding carboxylic acids is 2. The molecule has 0 saturated carbocycles. The number of hydrogen-bond acceptors (Lipinski definition) is 6. The zero-order valence-corrected chi connectivity index (χ0v) is 20.4. The Kier molecular flexibility index (Phi) is 7.23. The number of halogens is 2. The Morgan fingerprint density at radius 2 is 1.86 bits per heavy atom.